The summed E-state index contributed by atoms with van der Waals surface area (Å²) in [4.78, 5) is 13.6. The predicted octanol–water partition coefficient (Wildman–Crippen LogP) is 1.35. The minimum absolute atomic E-state index is 0. The van der Waals surface area contributed by atoms with Gasteiger partial charge in [-0.2, -0.15) is 0 Å². The summed E-state index contributed by atoms with van der Waals surface area (Å²) in [5, 5.41) is 0. The molecule has 1 aromatic carbocycles. The molecule has 0 aliphatic carbocycles. The third-order valence-electron chi connectivity index (χ3n) is 2.85. The number of benzene rings is 1. The molecular weight excluding hydrogens is 243 g/mol. The van der Waals surface area contributed by atoms with Crippen molar-refractivity contribution in [3.63, 3.8) is 0 Å². The van der Waals surface area contributed by atoms with Crippen molar-refractivity contribution in [3.8, 4) is 0 Å². The van der Waals surface area contributed by atoms with Gasteiger partial charge < -0.3 is 10.6 Å². The number of nitrogens with zero attached hydrogens (tertiary/aromatic N) is 1. The maximum absolute atomic E-state index is 12.7. The fraction of sp³-hybridized carbons (Fsp3) is 0.417. The van der Waals surface area contributed by atoms with Crippen LogP contribution < -0.4 is 5.73 Å². The van der Waals surface area contributed by atoms with Gasteiger partial charge >= 0.3 is 0 Å². The fourth-order valence-electron chi connectivity index (χ4n) is 1.90. The van der Waals surface area contributed by atoms with Crippen LogP contribution in [0.15, 0.2) is 24.3 Å². The number of hydrogen-bond acceptors (Lipinski definition) is 2. The first kappa shape index (κ1) is 13.9. The zero-order valence-electron chi connectivity index (χ0n) is 9.43. The normalized spacial score (nSPS) is 18.9. The molecule has 0 radical (unpaired) electrons. The summed E-state index contributed by atoms with van der Waals surface area (Å²) in [5.41, 5.74) is 6.57. The van der Waals surface area contributed by atoms with Crippen molar-refractivity contribution in [2.24, 2.45) is 5.73 Å². The van der Waals surface area contributed by atoms with Gasteiger partial charge in [-0.3, -0.25) is 4.79 Å². The molecule has 5 heteroatoms. The lowest BCUT2D eigenvalue weighted by Crippen LogP contribution is -2.32. The maximum atomic E-state index is 12.7. The molecule has 17 heavy (non-hydrogen) atoms. The van der Waals surface area contributed by atoms with Gasteiger partial charge in [-0.15, -0.1) is 12.4 Å². The van der Waals surface area contributed by atoms with Crippen LogP contribution >= 0.6 is 12.4 Å². The number of likely N-dealkylation sites (tertiary alicyclic amines) is 1. The highest BCUT2D eigenvalue weighted by molar-refractivity contribution is 5.85. The molecule has 0 aromatic heterocycles. The van der Waals surface area contributed by atoms with E-state index in [0.717, 1.165) is 18.5 Å². The second-order valence-corrected chi connectivity index (χ2v) is 4.19. The number of hydrogen-bond donors (Lipinski definition) is 1. The van der Waals surface area contributed by atoms with E-state index in [-0.39, 0.29) is 30.2 Å². The van der Waals surface area contributed by atoms with Crippen LogP contribution in [0, 0.1) is 5.82 Å². The van der Waals surface area contributed by atoms with Crippen LogP contribution in [-0.2, 0) is 11.2 Å². The Kier molecular flexibility index (Phi) is 4.90. The van der Waals surface area contributed by atoms with Crippen LogP contribution in [0.5, 0.6) is 0 Å². The summed E-state index contributed by atoms with van der Waals surface area (Å²) in [7, 11) is 0. The van der Waals surface area contributed by atoms with Gasteiger partial charge in [-0.05, 0) is 24.1 Å². The van der Waals surface area contributed by atoms with E-state index in [0.29, 0.717) is 13.0 Å². The zero-order chi connectivity index (χ0) is 11.5. The van der Waals surface area contributed by atoms with Gasteiger partial charge in [0.15, 0.2) is 0 Å². The Hall–Kier alpha value is -1.13. The van der Waals surface area contributed by atoms with Crippen LogP contribution in [0.25, 0.3) is 0 Å². The summed E-state index contributed by atoms with van der Waals surface area (Å²) in [6.45, 7) is 1.38. The lowest BCUT2D eigenvalue weighted by molar-refractivity contribution is -0.129. The molecule has 1 aliphatic rings. The molecule has 1 aromatic rings. The molecule has 94 valence electrons. The fourth-order valence-corrected chi connectivity index (χ4v) is 1.90. The molecule has 0 unspecified atom stereocenters. The minimum atomic E-state index is -0.278. The highest BCUT2D eigenvalue weighted by Gasteiger charge is 2.23. The topological polar surface area (TPSA) is 46.3 Å². The Morgan fingerprint density at radius 3 is 2.59 bits per heavy atom. The summed E-state index contributed by atoms with van der Waals surface area (Å²) in [6, 6.07) is 6.14. The van der Waals surface area contributed by atoms with E-state index in [1.54, 1.807) is 17.0 Å². The van der Waals surface area contributed by atoms with Gasteiger partial charge in [-0.1, -0.05) is 12.1 Å². The molecule has 1 fully saturated rings. The molecule has 1 saturated heterocycles. The Morgan fingerprint density at radius 1 is 1.41 bits per heavy atom. The smallest absolute Gasteiger partial charge is 0.227 e. The van der Waals surface area contributed by atoms with Crippen LogP contribution in [0.4, 0.5) is 4.39 Å². The largest absolute Gasteiger partial charge is 0.341 e. The monoisotopic (exact) mass is 258 g/mol. The SMILES string of the molecule is Cl.N[C@H]1CCN(C(=O)Cc2ccc(F)cc2)C1. The molecule has 0 spiro atoms. The number of halogens is 2. The molecule has 1 atom stereocenters. The molecular formula is C12H16ClFN2O. The van der Waals surface area contributed by atoms with Crippen molar-refractivity contribution >= 4 is 18.3 Å². The van der Waals surface area contributed by atoms with Gasteiger partial charge in [0.2, 0.25) is 5.91 Å². The molecule has 2 N–H and O–H groups in total. The third kappa shape index (κ3) is 3.68. The van der Waals surface area contributed by atoms with Crippen molar-refractivity contribution in [2.75, 3.05) is 13.1 Å². The van der Waals surface area contributed by atoms with Crippen molar-refractivity contribution in [1.29, 1.82) is 0 Å². The van der Waals surface area contributed by atoms with E-state index in [4.69, 9.17) is 5.73 Å². The van der Waals surface area contributed by atoms with Crippen molar-refractivity contribution in [1.82, 2.24) is 4.90 Å². The van der Waals surface area contributed by atoms with Gasteiger partial charge in [0, 0.05) is 19.1 Å². The Balaban J connectivity index is 0.00000144. The number of nitrogens with two attached hydrogens (primary N) is 1. The van der Waals surface area contributed by atoms with Gasteiger partial charge in [0.1, 0.15) is 5.82 Å². The average Bonchev–Trinajstić information content (AvgIpc) is 2.68. The van der Waals surface area contributed by atoms with Crippen LogP contribution in [0.1, 0.15) is 12.0 Å². The highest BCUT2D eigenvalue weighted by Crippen LogP contribution is 2.10. The summed E-state index contributed by atoms with van der Waals surface area (Å²) in [6.07, 6.45) is 1.20. The summed E-state index contributed by atoms with van der Waals surface area (Å²) in [5.74, 6) is -0.209. The number of rotatable bonds is 2. The molecule has 0 bridgehead atoms. The Labute approximate surface area is 106 Å². The number of carbonyl (C=O) groups is 1. The second kappa shape index (κ2) is 5.98. The van der Waals surface area contributed by atoms with Crippen LogP contribution in [0.2, 0.25) is 0 Å². The van der Waals surface area contributed by atoms with E-state index in [9.17, 15) is 9.18 Å². The van der Waals surface area contributed by atoms with E-state index in [2.05, 4.69) is 0 Å². The van der Waals surface area contributed by atoms with Crippen molar-refractivity contribution in [3.05, 3.63) is 35.6 Å². The number of carbonyl (C=O) groups excluding carboxylic acids is 1. The molecule has 0 saturated carbocycles. The molecule has 1 aliphatic heterocycles. The van der Waals surface area contributed by atoms with Gasteiger partial charge in [0.25, 0.3) is 0 Å². The lowest BCUT2D eigenvalue weighted by Gasteiger charge is -2.15. The lowest BCUT2D eigenvalue weighted by atomic mass is 10.1. The molecule has 1 amide bonds. The molecule has 3 nitrogen and oxygen atoms in total. The average molecular weight is 259 g/mol. The van der Waals surface area contributed by atoms with Crippen LogP contribution in [0.3, 0.4) is 0 Å². The summed E-state index contributed by atoms with van der Waals surface area (Å²) < 4.78 is 12.7. The molecule has 2 rings (SSSR count). The standard InChI is InChI=1S/C12H15FN2O.ClH/c13-10-3-1-9(2-4-10)7-12(16)15-6-5-11(14)8-15;/h1-4,11H,5-8,14H2;1H/t11-;/m0./s1. The Morgan fingerprint density at radius 2 is 2.06 bits per heavy atom. The predicted molar refractivity (Wildman–Crippen MR) is 66.5 cm³/mol. The maximum Gasteiger partial charge on any atom is 0.227 e. The zero-order valence-corrected chi connectivity index (χ0v) is 10.3. The first-order valence-corrected chi connectivity index (χ1v) is 5.43. The van der Waals surface area contributed by atoms with E-state index in [1.165, 1.54) is 12.1 Å². The van der Waals surface area contributed by atoms with Gasteiger partial charge in [0.05, 0.1) is 6.42 Å². The van der Waals surface area contributed by atoms with Crippen molar-refractivity contribution in [2.45, 2.75) is 18.9 Å². The van der Waals surface area contributed by atoms with Crippen molar-refractivity contribution < 1.29 is 9.18 Å². The van der Waals surface area contributed by atoms with E-state index >= 15 is 0 Å². The van der Waals surface area contributed by atoms with E-state index < -0.39 is 0 Å². The Bertz CT molecular complexity index is 383. The number of amides is 1. The first-order valence-electron chi connectivity index (χ1n) is 5.43. The van der Waals surface area contributed by atoms with Crippen LogP contribution in [-0.4, -0.2) is 29.9 Å². The third-order valence-corrected chi connectivity index (χ3v) is 2.85. The second-order valence-electron chi connectivity index (χ2n) is 4.19. The molecule has 1 heterocycles. The first-order chi connectivity index (χ1) is 7.65. The van der Waals surface area contributed by atoms with Gasteiger partial charge in [-0.25, -0.2) is 4.39 Å². The van der Waals surface area contributed by atoms with E-state index in [1.807, 2.05) is 0 Å². The summed E-state index contributed by atoms with van der Waals surface area (Å²) >= 11 is 0. The quantitative estimate of drug-likeness (QED) is 0.871. The minimum Gasteiger partial charge on any atom is -0.341 e. The highest BCUT2D eigenvalue weighted by atomic mass is 35.5.